The van der Waals surface area contributed by atoms with Crippen LogP contribution in [0.1, 0.15) is 25.3 Å². The minimum Gasteiger partial charge on any atom is -0.341 e. The molecule has 6 rings (SSSR count). The van der Waals surface area contributed by atoms with E-state index in [1.54, 1.807) is 0 Å². The van der Waals surface area contributed by atoms with E-state index < -0.39 is 0 Å². The van der Waals surface area contributed by atoms with Gasteiger partial charge in [0.2, 0.25) is 0 Å². The van der Waals surface area contributed by atoms with E-state index in [1.165, 1.54) is 72.9 Å². The highest BCUT2D eigenvalue weighted by atomic mass is 15.3. The second kappa shape index (κ2) is 7.55. The molecule has 2 aliphatic carbocycles. The van der Waals surface area contributed by atoms with Crippen LogP contribution < -0.4 is 0 Å². The van der Waals surface area contributed by atoms with Crippen molar-refractivity contribution >= 4 is 21.8 Å². The van der Waals surface area contributed by atoms with Crippen molar-refractivity contribution in [1.29, 1.82) is 0 Å². The van der Waals surface area contributed by atoms with Gasteiger partial charge in [0, 0.05) is 67.6 Å². The average molecular weight is 400 g/mol. The Balaban J connectivity index is 1.13. The SMILES string of the molecule is CCn1c2ccccc2c2cc(CN3CCN(C[C@@H]4C[C@H]5C=C[C@H]4C5)CC3)ccc21. The summed E-state index contributed by atoms with van der Waals surface area (Å²) < 4.78 is 2.44. The number of nitrogens with zero attached hydrogens (tertiary/aromatic N) is 3. The van der Waals surface area contributed by atoms with Gasteiger partial charge >= 0.3 is 0 Å². The van der Waals surface area contributed by atoms with Crippen molar-refractivity contribution in [3.05, 3.63) is 60.2 Å². The second-order valence-corrected chi connectivity index (χ2v) is 9.73. The molecule has 3 aliphatic rings. The highest BCUT2D eigenvalue weighted by molar-refractivity contribution is 6.08. The lowest BCUT2D eigenvalue weighted by Gasteiger charge is -2.37. The van der Waals surface area contributed by atoms with E-state index in [0.29, 0.717) is 0 Å². The van der Waals surface area contributed by atoms with E-state index >= 15 is 0 Å². The Hall–Kier alpha value is -2.10. The lowest BCUT2D eigenvalue weighted by molar-refractivity contribution is 0.108. The van der Waals surface area contributed by atoms with E-state index in [4.69, 9.17) is 0 Å². The maximum Gasteiger partial charge on any atom is 0.0491 e. The maximum absolute atomic E-state index is 2.73. The van der Waals surface area contributed by atoms with Crippen LogP contribution in [0, 0.1) is 17.8 Å². The highest BCUT2D eigenvalue weighted by Gasteiger charge is 2.36. The molecule has 0 radical (unpaired) electrons. The standard InChI is InChI=1S/C27H33N3/c1-2-30-26-6-4-3-5-24(26)25-17-21(8-10-27(25)30)18-28-11-13-29(14-12-28)19-23-16-20-7-9-22(23)15-20/h3-10,17,20,22-23H,2,11-16,18-19H2,1H3/t20-,22-,23-/m0/s1. The van der Waals surface area contributed by atoms with E-state index in [2.05, 4.69) is 75.9 Å². The number of hydrogen-bond acceptors (Lipinski definition) is 2. The first-order valence-electron chi connectivity index (χ1n) is 11.9. The summed E-state index contributed by atoms with van der Waals surface area (Å²) in [6.45, 7) is 10.5. The van der Waals surface area contributed by atoms with Crippen LogP contribution >= 0.6 is 0 Å². The molecule has 0 N–H and O–H groups in total. The molecule has 1 saturated heterocycles. The maximum atomic E-state index is 2.73. The zero-order chi connectivity index (χ0) is 20.1. The lowest BCUT2D eigenvalue weighted by atomic mass is 9.93. The first kappa shape index (κ1) is 18.7. The van der Waals surface area contributed by atoms with Crippen molar-refractivity contribution in [2.75, 3.05) is 32.7 Å². The fourth-order valence-corrected chi connectivity index (χ4v) is 6.36. The third-order valence-electron chi connectivity index (χ3n) is 7.93. The van der Waals surface area contributed by atoms with Gasteiger partial charge in [0.1, 0.15) is 0 Å². The number of rotatable bonds is 5. The fourth-order valence-electron chi connectivity index (χ4n) is 6.36. The highest BCUT2D eigenvalue weighted by Crippen LogP contribution is 2.43. The Morgan fingerprint density at radius 2 is 1.63 bits per heavy atom. The van der Waals surface area contributed by atoms with Crippen molar-refractivity contribution < 1.29 is 0 Å². The third kappa shape index (κ3) is 3.19. The molecule has 3 aromatic rings. The molecule has 2 fully saturated rings. The van der Waals surface area contributed by atoms with Crippen LogP contribution in [0.4, 0.5) is 0 Å². The molecule has 1 aliphatic heterocycles. The number of aryl methyl sites for hydroxylation is 1. The summed E-state index contributed by atoms with van der Waals surface area (Å²) in [4.78, 5) is 5.38. The predicted octanol–water partition coefficient (Wildman–Crippen LogP) is 5.14. The molecule has 3 atom stereocenters. The van der Waals surface area contributed by atoms with Gasteiger partial charge in [0.05, 0.1) is 0 Å². The molecule has 0 unspecified atom stereocenters. The molecule has 30 heavy (non-hydrogen) atoms. The molecule has 156 valence electrons. The number of aromatic nitrogens is 1. The number of hydrogen-bond donors (Lipinski definition) is 0. The number of piperazine rings is 1. The monoisotopic (exact) mass is 399 g/mol. The van der Waals surface area contributed by atoms with Gasteiger partial charge in [0.25, 0.3) is 0 Å². The minimum absolute atomic E-state index is 0.880. The van der Waals surface area contributed by atoms with Gasteiger partial charge < -0.3 is 9.47 Å². The van der Waals surface area contributed by atoms with E-state index in [-0.39, 0.29) is 0 Å². The van der Waals surface area contributed by atoms with E-state index in [0.717, 1.165) is 30.8 Å². The van der Waals surface area contributed by atoms with Crippen LogP contribution in [0.2, 0.25) is 0 Å². The molecule has 3 nitrogen and oxygen atoms in total. The molecule has 1 saturated carbocycles. The zero-order valence-electron chi connectivity index (χ0n) is 18.1. The summed E-state index contributed by atoms with van der Waals surface area (Å²) in [7, 11) is 0. The molecule has 3 heteroatoms. The van der Waals surface area contributed by atoms with Crippen molar-refractivity contribution in [2.24, 2.45) is 17.8 Å². The first-order chi connectivity index (χ1) is 14.8. The summed E-state index contributed by atoms with van der Waals surface area (Å²) >= 11 is 0. The molecule has 0 spiro atoms. The van der Waals surface area contributed by atoms with Crippen LogP contribution in [-0.2, 0) is 13.1 Å². The molecule has 2 heterocycles. The lowest BCUT2D eigenvalue weighted by Crippen LogP contribution is -2.47. The second-order valence-electron chi connectivity index (χ2n) is 9.73. The molecule has 2 bridgehead atoms. The zero-order valence-corrected chi connectivity index (χ0v) is 18.1. The molecule has 1 aromatic heterocycles. The largest absolute Gasteiger partial charge is 0.341 e. The van der Waals surface area contributed by atoms with Crippen LogP contribution in [0.15, 0.2) is 54.6 Å². The number of para-hydroxylation sites is 1. The van der Waals surface area contributed by atoms with Crippen molar-refractivity contribution in [3.8, 4) is 0 Å². The van der Waals surface area contributed by atoms with Gasteiger partial charge in [0.15, 0.2) is 0 Å². The third-order valence-corrected chi connectivity index (χ3v) is 7.93. The van der Waals surface area contributed by atoms with Gasteiger partial charge in [-0.05, 0) is 61.3 Å². The molecule has 2 aromatic carbocycles. The number of fused-ring (bicyclic) bond motifs is 5. The smallest absolute Gasteiger partial charge is 0.0491 e. The fraction of sp³-hybridized carbons (Fsp3) is 0.481. The van der Waals surface area contributed by atoms with Crippen molar-refractivity contribution in [2.45, 2.75) is 32.9 Å². The van der Waals surface area contributed by atoms with E-state index in [9.17, 15) is 0 Å². The summed E-state index contributed by atoms with van der Waals surface area (Å²) in [6.07, 6.45) is 7.84. The Kier molecular flexibility index (Phi) is 4.69. The van der Waals surface area contributed by atoms with Crippen LogP contribution in [-0.4, -0.2) is 47.1 Å². The van der Waals surface area contributed by atoms with Crippen LogP contribution in [0.3, 0.4) is 0 Å². The Labute approximate surface area is 180 Å². The van der Waals surface area contributed by atoms with Crippen molar-refractivity contribution in [3.63, 3.8) is 0 Å². The molecular weight excluding hydrogens is 366 g/mol. The Bertz CT molecular complexity index is 1090. The Morgan fingerprint density at radius 3 is 2.40 bits per heavy atom. The first-order valence-corrected chi connectivity index (χ1v) is 11.9. The topological polar surface area (TPSA) is 11.4 Å². The number of benzene rings is 2. The van der Waals surface area contributed by atoms with Gasteiger partial charge in [-0.15, -0.1) is 0 Å². The van der Waals surface area contributed by atoms with Gasteiger partial charge in [-0.3, -0.25) is 4.90 Å². The molecular formula is C27H33N3. The predicted molar refractivity (Wildman–Crippen MR) is 126 cm³/mol. The molecule has 0 amide bonds. The van der Waals surface area contributed by atoms with Gasteiger partial charge in [-0.25, -0.2) is 0 Å². The van der Waals surface area contributed by atoms with Gasteiger partial charge in [-0.2, -0.15) is 0 Å². The minimum atomic E-state index is 0.880. The van der Waals surface area contributed by atoms with Crippen molar-refractivity contribution in [1.82, 2.24) is 14.4 Å². The summed E-state index contributed by atoms with van der Waals surface area (Å²) in [5.74, 6) is 2.70. The van der Waals surface area contributed by atoms with Crippen LogP contribution in [0.25, 0.3) is 21.8 Å². The summed E-state index contributed by atoms with van der Waals surface area (Å²) in [6, 6.07) is 16.0. The van der Waals surface area contributed by atoms with Crippen LogP contribution in [0.5, 0.6) is 0 Å². The average Bonchev–Trinajstić information content (AvgIpc) is 3.48. The normalized spacial score (nSPS) is 27.0. The summed E-state index contributed by atoms with van der Waals surface area (Å²) in [5, 5.41) is 2.80. The van der Waals surface area contributed by atoms with E-state index in [1.807, 2.05) is 0 Å². The quantitative estimate of drug-likeness (QED) is 0.550. The summed E-state index contributed by atoms with van der Waals surface area (Å²) in [5.41, 5.74) is 4.18. The van der Waals surface area contributed by atoms with Gasteiger partial charge in [-0.1, -0.05) is 36.4 Å². The number of allylic oxidation sites excluding steroid dienone is 2. The Morgan fingerprint density at radius 1 is 0.833 bits per heavy atom.